The Morgan fingerprint density at radius 3 is 1.76 bits per heavy atom. The highest BCUT2D eigenvalue weighted by molar-refractivity contribution is 5.92. The van der Waals surface area contributed by atoms with E-state index in [4.69, 9.17) is 24.2 Å². The number of methoxy groups -OCH3 is 2. The first-order chi connectivity index (χ1) is 30.4. The smallest absolute Gasteiger partial charge is 0.407 e. The number of hydrogen-bond donors (Lipinski definition) is 4. The van der Waals surface area contributed by atoms with Crippen molar-refractivity contribution in [2.75, 3.05) is 27.3 Å². The van der Waals surface area contributed by atoms with E-state index in [0.717, 1.165) is 94.8 Å². The molecule has 16 nitrogen and oxygen atoms in total. The lowest BCUT2D eigenvalue weighted by atomic mass is 9.83. The lowest BCUT2D eigenvalue weighted by Crippen LogP contribution is -2.51. The van der Waals surface area contributed by atoms with Crippen LogP contribution in [0.15, 0.2) is 54.9 Å². The molecule has 332 valence electrons. The summed E-state index contributed by atoms with van der Waals surface area (Å²) in [6.07, 6.45) is 8.84. The van der Waals surface area contributed by atoms with Gasteiger partial charge in [0.05, 0.1) is 61.3 Å². The SMILES string of the molecule is COC(=O)N[C@H](C(=O)N1CCC[C@H]1c1ncc(-c2ccc3c(c2)OC(C2CCC2)n2c-3cc3cc(-c4cnc([C@@H]5CCCN5C(=O)[C@@H](NC(=O)OC)C(C)C)[nH]4)ccc32)[nH]1)C(C)C. The summed E-state index contributed by atoms with van der Waals surface area (Å²) in [5.41, 5.74) is 6.83. The van der Waals surface area contributed by atoms with Crippen LogP contribution in [0, 0.1) is 17.8 Å². The Morgan fingerprint density at radius 1 is 0.714 bits per heavy atom. The second-order valence-electron chi connectivity index (χ2n) is 18.0. The number of nitrogens with zero attached hydrogens (tertiary/aromatic N) is 5. The predicted octanol–water partition coefficient (Wildman–Crippen LogP) is 7.87. The van der Waals surface area contributed by atoms with Crippen LogP contribution in [0.5, 0.6) is 5.75 Å². The number of imidazole rings is 2. The van der Waals surface area contributed by atoms with Crippen molar-refractivity contribution < 1.29 is 33.4 Å². The minimum Gasteiger partial charge on any atom is -0.469 e. The number of nitrogens with one attached hydrogen (secondary N) is 4. The number of hydrogen-bond acceptors (Lipinski definition) is 9. The first kappa shape index (κ1) is 42.0. The van der Waals surface area contributed by atoms with Gasteiger partial charge in [0.25, 0.3) is 0 Å². The summed E-state index contributed by atoms with van der Waals surface area (Å²) in [5, 5.41) is 6.53. The predicted molar refractivity (Wildman–Crippen MR) is 235 cm³/mol. The van der Waals surface area contributed by atoms with Crippen LogP contribution in [-0.4, -0.2) is 97.7 Å². The van der Waals surface area contributed by atoms with Crippen molar-refractivity contribution >= 4 is 34.9 Å². The Balaban J connectivity index is 0.973. The summed E-state index contributed by atoms with van der Waals surface area (Å²) in [5.74, 6) is 2.12. The molecule has 5 atom stereocenters. The first-order valence-corrected chi connectivity index (χ1v) is 22.3. The summed E-state index contributed by atoms with van der Waals surface area (Å²) >= 11 is 0. The molecule has 3 fully saturated rings. The first-order valence-electron chi connectivity index (χ1n) is 22.3. The lowest BCUT2D eigenvalue weighted by Gasteiger charge is -2.39. The number of aromatic nitrogens is 5. The number of carbonyl (C=O) groups is 4. The number of amides is 4. The molecule has 9 rings (SSSR count). The number of likely N-dealkylation sites (tertiary alicyclic amines) is 2. The van der Waals surface area contributed by atoms with E-state index in [-0.39, 0.29) is 42.0 Å². The summed E-state index contributed by atoms with van der Waals surface area (Å²) in [6.45, 7) is 8.80. The van der Waals surface area contributed by atoms with E-state index >= 15 is 0 Å². The van der Waals surface area contributed by atoms with Crippen LogP contribution in [0.3, 0.4) is 0 Å². The largest absolute Gasteiger partial charge is 0.469 e. The molecule has 1 saturated carbocycles. The number of alkyl carbamates (subject to hydrolysis) is 2. The fourth-order valence-corrected chi connectivity index (χ4v) is 9.79. The zero-order valence-electron chi connectivity index (χ0n) is 36.8. The van der Waals surface area contributed by atoms with Gasteiger partial charge in [-0.3, -0.25) is 9.59 Å². The zero-order valence-corrected chi connectivity index (χ0v) is 36.8. The van der Waals surface area contributed by atoms with Crippen molar-refractivity contribution in [3.05, 3.63) is 66.5 Å². The number of benzene rings is 2. The zero-order chi connectivity index (χ0) is 44.1. The van der Waals surface area contributed by atoms with E-state index in [1.807, 2.05) is 49.9 Å². The van der Waals surface area contributed by atoms with Gasteiger partial charge in [-0.1, -0.05) is 46.2 Å². The molecule has 1 unspecified atom stereocenters. The second-order valence-corrected chi connectivity index (χ2v) is 18.0. The van der Waals surface area contributed by atoms with Gasteiger partial charge in [0.1, 0.15) is 29.5 Å². The van der Waals surface area contributed by atoms with E-state index in [9.17, 15) is 19.2 Å². The standard InChI is InChI=1S/C47H57N9O7/c1-25(2)39(52-46(59)61-5)43(57)54-18-8-12-35(54)41-48-23-32(50-41)28-15-17-34-30(20-28)21-37-31-16-14-29(22-38(31)63-45(56(34)37)27-10-7-11-27)33-24-49-42(51-33)36-13-9-19-55(36)44(58)40(26(3)4)53-47(60)62-6/h14-17,20-27,35-36,39-40,45H,7-13,18-19H2,1-6H3,(H,48,50)(H,49,51)(H,52,59)(H,53,60)/t35-,36-,39-,40-,45?/m0/s1. The molecule has 6 heterocycles. The third-order valence-electron chi connectivity index (χ3n) is 13.5. The highest BCUT2D eigenvalue weighted by atomic mass is 16.5. The molecule has 1 aliphatic carbocycles. The maximum atomic E-state index is 13.7. The number of rotatable bonds is 11. The van der Waals surface area contributed by atoms with Crippen LogP contribution in [-0.2, 0) is 19.1 Å². The van der Waals surface area contributed by atoms with Gasteiger partial charge in [-0.15, -0.1) is 0 Å². The summed E-state index contributed by atoms with van der Waals surface area (Å²) in [4.78, 5) is 71.9. The Bertz CT molecular complexity index is 2540. The molecule has 2 aromatic carbocycles. The number of ether oxygens (including phenoxy) is 3. The van der Waals surface area contributed by atoms with Gasteiger partial charge in [-0.25, -0.2) is 19.6 Å². The van der Waals surface area contributed by atoms with Crippen LogP contribution in [0.2, 0.25) is 0 Å². The minimum absolute atomic E-state index is 0.116. The van der Waals surface area contributed by atoms with E-state index < -0.39 is 24.3 Å². The fourth-order valence-electron chi connectivity index (χ4n) is 9.79. The number of aromatic amines is 2. The third kappa shape index (κ3) is 7.77. The van der Waals surface area contributed by atoms with Crippen molar-refractivity contribution in [1.29, 1.82) is 0 Å². The summed E-state index contributed by atoms with van der Waals surface area (Å²) in [6, 6.07) is 13.1. The molecule has 4 aliphatic rings. The normalized spacial score (nSPS) is 20.5. The van der Waals surface area contributed by atoms with Gasteiger partial charge in [0, 0.05) is 41.1 Å². The van der Waals surface area contributed by atoms with Gasteiger partial charge in [0.2, 0.25) is 11.8 Å². The number of fused-ring (bicyclic) bond motifs is 5. The van der Waals surface area contributed by atoms with Gasteiger partial charge in [-0.05, 0) is 80.7 Å². The maximum Gasteiger partial charge on any atom is 0.407 e. The van der Waals surface area contributed by atoms with Crippen LogP contribution >= 0.6 is 0 Å². The van der Waals surface area contributed by atoms with Crippen molar-refractivity contribution in [1.82, 2.24) is 44.9 Å². The van der Waals surface area contributed by atoms with Gasteiger partial charge >= 0.3 is 12.2 Å². The average molecular weight is 860 g/mol. The Kier molecular flexibility index (Phi) is 11.4. The highest BCUT2D eigenvalue weighted by Gasteiger charge is 2.40. The Hall–Kier alpha value is -6.32. The van der Waals surface area contributed by atoms with Crippen LogP contribution in [0.4, 0.5) is 9.59 Å². The molecule has 63 heavy (non-hydrogen) atoms. The van der Waals surface area contributed by atoms with E-state index in [1.165, 1.54) is 20.6 Å². The van der Waals surface area contributed by atoms with Gasteiger partial charge in [0.15, 0.2) is 6.23 Å². The monoisotopic (exact) mass is 859 g/mol. The van der Waals surface area contributed by atoms with E-state index in [0.29, 0.717) is 24.8 Å². The molecule has 4 amide bonds. The summed E-state index contributed by atoms with van der Waals surface area (Å²) in [7, 11) is 2.59. The van der Waals surface area contributed by atoms with Crippen LogP contribution in [0.25, 0.3) is 44.7 Å². The summed E-state index contributed by atoms with van der Waals surface area (Å²) < 4.78 is 18.9. The van der Waals surface area contributed by atoms with Crippen LogP contribution < -0.4 is 15.4 Å². The molecule has 0 spiro atoms. The fraction of sp³-hybridized carbons (Fsp3) is 0.489. The molecule has 5 aromatic rings. The third-order valence-corrected chi connectivity index (χ3v) is 13.5. The molecule has 3 aliphatic heterocycles. The quantitative estimate of drug-likeness (QED) is 0.102. The number of H-pyrrole nitrogens is 2. The molecule has 16 heteroatoms. The second kappa shape index (κ2) is 17.1. The molecule has 2 saturated heterocycles. The van der Waals surface area contributed by atoms with E-state index in [2.05, 4.69) is 67.6 Å². The van der Waals surface area contributed by atoms with Crippen molar-refractivity contribution in [3.63, 3.8) is 0 Å². The Labute approximate surface area is 366 Å². The molecular formula is C47H57N9O7. The minimum atomic E-state index is -0.705. The van der Waals surface area contributed by atoms with Crippen molar-refractivity contribution in [3.8, 4) is 39.5 Å². The molecular weight excluding hydrogens is 803 g/mol. The van der Waals surface area contributed by atoms with Gasteiger partial charge < -0.3 is 49.2 Å². The average Bonchev–Trinajstić information content (AvgIpc) is 4.12. The van der Waals surface area contributed by atoms with Gasteiger partial charge in [-0.2, -0.15) is 0 Å². The van der Waals surface area contributed by atoms with Crippen LogP contribution in [0.1, 0.15) is 103 Å². The Morgan fingerprint density at radius 2 is 1.25 bits per heavy atom. The van der Waals surface area contributed by atoms with E-state index in [1.54, 1.807) is 0 Å². The molecule has 4 N–H and O–H groups in total. The number of carbonyl (C=O) groups excluding carboxylic acids is 4. The van der Waals surface area contributed by atoms with Crippen molar-refractivity contribution in [2.45, 2.75) is 103 Å². The highest BCUT2D eigenvalue weighted by Crippen LogP contribution is 2.49. The molecule has 0 bridgehead atoms. The molecule has 3 aromatic heterocycles. The lowest BCUT2D eigenvalue weighted by molar-refractivity contribution is -0.136. The maximum absolute atomic E-state index is 13.7. The van der Waals surface area contributed by atoms with Crippen molar-refractivity contribution in [2.24, 2.45) is 17.8 Å². The topological polar surface area (TPSA) is 189 Å². The molecule has 0 radical (unpaired) electrons.